The molecule has 0 amide bonds. The summed E-state index contributed by atoms with van der Waals surface area (Å²) in [4.78, 5) is 14.0. The van der Waals surface area contributed by atoms with Crippen molar-refractivity contribution >= 4 is 35.3 Å². The number of hydrogen-bond acceptors (Lipinski definition) is 4. The van der Waals surface area contributed by atoms with Gasteiger partial charge in [-0.1, -0.05) is 12.1 Å². The van der Waals surface area contributed by atoms with Crippen molar-refractivity contribution in [2.24, 2.45) is 4.99 Å². The Morgan fingerprint density at radius 1 is 1.44 bits per heavy atom. The third-order valence-corrected chi connectivity index (χ3v) is 3.47. The van der Waals surface area contributed by atoms with Gasteiger partial charge in [-0.25, -0.2) is 4.79 Å². The van der Waals surface area contributed by atoms with E-state index in [4.69, 9.17) is 12.2 Å². The predicted octanol–water partition coefficient (Wildman–Crippen LogP) is 3.54. The first-order chi connectivity index (χ1) is 7.74. The summed E-state index contributed by atoms with van der Waals surface area (Å²) in [7, 11) is 0. The van der Waals surface area contributed by atoms with Gasteiger partial charge in [0.05, 0.1) is 5.69 Å². The molecule has 0 unspecified atom stereocenters. The molecule has 0 bridgehead atoms. The van der Waals surface area contributed by atoms with E-state index in [2.05, 4.69) is 4.99 Å². The van der Waals surface area contributed by atoms with Gasteiger partial charge in [-0.3, -0.25) is 4.57 Å². The van der Waals surface area contributed by atoms with E-state index in [1.54, 1.807) is 12.1 Å². The SMILES string of the molecule is Cc1csc(=S)n1-c1ccccc1N=C=O. The van der Waals surface area contributed by atoms with Crippen molar-refractivity contribution in [2.45, 2.75) is 6.92 Å². The molecule has 0 saturated carbocycles. The normalized spacial score (nSPS) is 9.81. The Morgan fingerprint density at radius 3 is 2.81 bits per heavy atom. The molecule has 1 aromatic heterocycles. The van der Waals surface area contributed by atoms with Crippen LogP contribution < -0.4 is 0 Å². The summed E-state index contributed by atoms with van der Waals surface area (Å²) in [5, 5.41) is 1.98. The van der Waals surface area contributed by atoms with Crippen LogP contribution in [0.25, 0.3) is 5.69 Å². The second kappa shape index (κ2) is 4.53. The van der Waals surface area contributed by atoms with Gasteiger partial charge in [-0.05, 0) is 31.3 Å². The minimum atomic E-state index is 0.579. The molecular weight excluding hydrogens is 240 g/mol. The zero-order chi connectivity index (χ0) is 11.5. The lowest BCUT2D eigenvalue weighted by atomic mass is 10.2. The molecule has 80 valence electrons. The highest BCUT2D eigenvalue weighted by molar-refractivity contribution is 7.73. The topological polar surface area (TPSA) is 34.4 Å². The van der Waals surface area contributed by atoms with E-state index in [-0.39, 0.29) is 0 Å². The van der Waals surface area contributed by atoms with E-state index < -0.39 is 0 Å². The van der Waals surface area contributed by atoms with Gasteiger partial charge in [-0.15, -0.1) is 11.3 Å². The van der Waals surface area contributed by atoms with Crippen molar-refractivity contribution in [3.8, 4) is 5.69 Å². The van der Waals surface area contributed by atoms with Crippen LogP contribution in [0.5, 0.6) is 0 Å². The van der Waals surface area contributed by atoms with Crippen LogP contribution in [0.2, 0.25) is 0 Å². The molecule has 2 rings (SSSR count). The van der Waals surface area contributed by atoms with Crippen molar-refractivity contribution in [3.05, 3.63) is 39.3 Å². The van der Waals surface area contributed by atoms with Crippen molar-refractivity contribution in [1.82, 2.24) is 4.57 Å². The van der Waals surface area contributed by atoms with Crippen LogP contribution in [0.1, 0.15) is 5.69 Å². The van der Waals surface area contributed by atoms with Gasteiger partial charge in [0.2, 0.25) is 6.08 Å². The number of aliphatic imine (C=N–C) groups is 1. The summed E-state index contributed by atoms with van der Waals surface area (Å²) in [6.07, 6.45) is 1.56. The Hall–Kier alpha value is -1.55. The number of rotatable bonds is 2. The summed E-state index contributed by atoms with van der Waals surface area (Å²) < 4.78 is 2.64. The van der Waals surface area contributed by atoms with Crippen LogP contribution in [0.15, 0.2) is 34.6 Å². The van der Waals surface area contributed by atoms with Crippen molar-refractivity contribution < 1.29 is 4.79 Å². The van der Waals surface area contributed by atoms with E-state index in [1.807, 2.05) is 35.1 Å². The minimum Gasteiger partial charge on any atom is -0.294 e. The first-order valence-corrected chi connectivity index (χ1v) is 5.87. The maximum absolute atomic E-state index is 10.3. The van der Waals surface area contributed by atoms with Crippen LogP contribution in [-0.4, -0.2) is 10.6 Å². The summed E-state index contributed by atoms with van der Waals surface area (Å²) in [6, 6.07) is 7.35. The minimum absolute atomic E-state index is 0.579. The zero-order valence-electron chi connectivity index (χ0n) is 8.51. The second-order valence-corrected chi connectivity index (χ2v) is 4.67. The number of benzene rings is 1. The maximum atomic E-state index is 10.3. The largest absolute Gasteiger partial charge is 0.294 e. The van der Waals surface area contributed by atoms with Crippen LogP contribution in [0.4, 0.5) is 5.69 Å². The Kier molecular flexibility index (Phi) is 3.10. The second-order valence-electron chi connectivity index (χ2n) is 3.17. The van der Waals surface area contributed by atoms with Gasteiger partial charge in [0.15, 0.2) is 3.95 Å². The average Bonchev–Trinajstić information content (AvgIpc) is 2.60. The lowest BCUT2D eigenvalue weighted by Crippen LogP contribution is -1.95. The number of carbonyl (C=O) groups excluding carboxylic acids is 1. The molecule has 0 aliphatic heterocycles. The molecule has 0 atom stereocenters. The highest BCUT2D eigenvalue weighted by Gasteiger charge is 2.06. The quantitative estimate of drug-likeness (QED) is 0.463. The fraction of sp³-hybridized carbons (Fsp3) is 0.0909. The van der Waals surface area contributed by atoms with Crippen LogP contribution >= 0.6 is 23.6 Å². The molecule has 0 radical (unpaired) electrons. The Labute approximate surface area is 102 Å². The number of aryl methyl sites for hydroxylation is 1. The van der Waals surface area contributed by atoms with Crippen molar-refractivity contribution in [1.29, 1.82) is 0 Å². The van der Waals surface area contributed by atoms with Gasteiger partial charge in [0.25, 0.3) is 0 Å². The van der Waals surface area contributed by atoms with Gasteiger partial charge in [0.1, 0.15) is 5.69 Å². The Bertz CT molecular complexity index is 621. The molecule has 0 spiro atoms. The van der Waals surface area contributed by atoms with E-state index in [0.29, 0.717) is 5.69 Å². The highest BCUT2D eigenvalue weighted by atomic mass is 32.1. The summed E-state index contributed by atoms with van der Waals surface area (Å²) >= 11 is 6.73. The number of thiazole rings is 1. The van der Waals surface area contributed by atoms with Crippen molar-refractivity contribution in [3.63, 3.8) is 0 Å². The monoisotopic (exact) mass is 248 g/mol. The first-order valence-electron chi connectivity index (χ1n) is 4.58. The Morgan fingerprint density at radius 2 is 2.19 bits per heavy atom. The third kappa shape index (κ3) is 1.88. The van der Waals surface area contributed by atoms with Crippen LogP contribution in [0, 0.1) is 10.9 Å². The third-order valence-electron chi connectivity index (χ3n) is 2.15. The summed E-state index contributed by atoms with van der Waals surface area (Å²) in [6.45, 7) is 1.97. The average molecular weight is 248 g/mol. The molecule has 1 heterocycles. The number of nitrogens with zero attached hydrogens (tertiary/aromatic N) is 2. The molecule has 0 fully saturated rings. The number of hydrogen-bond donors (Lipinski definition) is 0. The van der Waals surface area contributed by atoms with Crippen LogP contribution in [0.3, 0.4) is 0 Å². The maximum Gasteiger partial charge on any atom is 0.240 e. The first kappa shape index (κ1) is 11.0. The highest BCUT2D eigenvalue weighted by Crippen LogP contribution is 2.26. The smallest absolute Gasteiger partial charge is 0.240 e. The number of para-hydroxylation sites is 2. The zero-order valence-corrected chi connectivity index (χ0v) is 10.1. The molecule has 0 aliphatic carbocycles. The molecular formula is C11H8N2OS2. The molecule has 0 saturated heterocycles. The van der Waals surface area contributed by atoms with Crippen molar-refractivity contribution in [2.75, 3.05) is 0 Å². The molecule has 1 aromatic carbocycles. The molecule has 3 nitrogen and oxygen atoms in total. The predicted molar refractivity (Wildman–Crippen MR) is 67.0 cm³/mol. The lowest BCUT2D eigenvalue weighted by Gasteiger charge is -2.07. The van der Waals surface area contributed by atoms with E-state index in [0.717, 1.165) is 15.3 Å². The fourth-order valence-electron chi connectivity index (χ4n) is 1.47. The molecule has 0 aliphatic rings. The molecule has 5 heteroatoms. The number of aromatic nitrogens is 1. The lowest BCUT2D eigenvalue weighted by molar-refractivity contribution is 0.565. The standard InChI is InChI=1S/C11H8N2OS2/c1-8-6-16-11(15)13(8)10-5-3-2-4-9(10)12-7-14/h2-6H,1H3. The van der Waals surface area contributed by atoms with Gasteiger partial charge in [0, 0.05) is 11.1 Å². The van der Waals surface area contributed by atoms with Gasteiger partial charge >= 0.3 is 0 Å². The fourth-order valence-corrected chi connectivity index (χ4v) is 2.58. The number of isocyanates is 1. The Balaban J connectivity index is 2.74. The van der Waals surface area contributed by atoms with Crippen LogP contribution in [-0.2, 0) is 4.79 Å². The summed E-state index contributed by atoms with van der Waals surface area (Å²) in [5.74, 6) is 0. The van der Waals surface area contributed by atoms with E-state index in [1.165, 1.54) is 11.3 Å². The molecule has 2 aromatic rings. The molecule has 0 N–H and O–H groups in total. The molecule has 16 heavy (non-hydrogen) atoms. The van der Waals surface area contributed by atoms with Gasteiger partial charge < -0.3 is 0 Å². The summed E-state index contributed by atoms with van der Waals surface area (Å²) in [5.41, 5.74) is 2.42. The van der Waals surface area contributed by atoms with Gasteiger partial charge in [-0.2, -0.15) is 4.99 Å². The van der Waals surface area contributed by atoms with E-state index >= 15 is 0 Å². The van der Waals surface area contributed by atoms with E-state index in [9.17, 15) is 4.79 Å².